The SMILES string of the molecule is COc1cc2cc(C(=O)N3CC(OCC(C)(C)O)C3)[nH]c2cc1F. The number of aromatic amines is 1. The van der Waals surface area contributed by atoms with Gasteiger partial charge in [0, 0.05) is 30.1 Å². The van der Waals surface area contributed by atoms with E-state index in [4.69, 9.17) is 9.47 Å². The van der Waals surface area contributed by atoms with E-state index in [1.54, 1.807) is 30.9 Å². The fourth-order valence-corrected chi connectivity index (χ4v) is 2.61. The fourth-order valence-electron chi connectivity index (χ4n) is 2.61. The average Bonchev–Trinajstić information content (AvgIpc) is 2.85. The molecule has 1 amide bonds. The Balaban J connectivity index is 1.65. The molecule has 2 N–H and O–H groups in total. The van der Waals surface area contributed by atoms with Crippen LogP contribution in [0.1, 0.15) is 24.3 Å². The van der Waals surface area contributed by atoms with Crippen molar-refractivity contribution in [2.24, 2.45) is 0 Å². The number of carbonyl (C=O) groups is 1. The van der Waals surface area contributed by atoms with Crippen molar-refractivity contribution >= 4 is 16.8 Å². The van der Waals surface area contributed by atoms with Crippen molar-refractivity contribution in [2.75, 3.05) is 26.8 Å². The molecule has 3 rings (SSSR count). The smallest absolute Gasteiger partial charge is 0.270 e. The lowest BCUT2D eigenvalue weighted by molar-refractivity contribution is -0.0943. The van der Waals surface area contributed by atoms with Gasteiger partial charge in [0.2, 0.25) is 0 Å². The molecule has 6 nitrogen and oxygen atoms in total. The number of nitrogens with zero attached hydrogens (tertiary/aromatic N) is 1. The molecule has 7 heteroatoms. The van der Waals surface area contributed by atoms with Gasteiger partial charge in [0.05, 0.1) is 25.4 Å². The summed E-state index contributed by atoms with van der Waals surface area (Å²) in [6.45, 7) is 4.52. The normalized spacial score (nSPS) is 15.6. The number of halogens is 1. The van der Waals surface area contributed by atoms with Gasteiger partial charge in [-0.25, -0.2) is 4.39 Å². The van der Waals surface area contributed by atoms with Gasteiger partial charge in [0.15, 0.2) is 11.6 Å². The molecule has 1 aromatic carbocycles. The van der Waals surface area contributed by atoms with Crippen LogP contribution in [0, 0.1) is 5.82 Å². The van der Waals surface area contributed by atoms with Gasteiger partial charge in [-0.2, -0.15) is 0 Å². The largest absolute Gasteiger partial charge is 0.494 e. The highest BCUT2D eigenvalue weighted by atomic mass is 19.1. The highest BCUT2D eigenvalue weighted by molar-refractivity contribution is 5.98. The molecule has 2 aromatic rings. The predicted octanol–water partition coefficient (Wildman–Crippen LogP) is 1.93. The zero-order chi connectivity index (χ0) is 17.5. The number of aliphatic hydroxyl groups is 1. The minimum atomic E-state index is -0.884. The molecule has 1 aliphatic rings. The third-order valence-corrected chi connectivity index (χ3v) is 3.93. The molecule has 1 aromatic heterocycles. The van der Waals surface area contributed by atoms with E-state index >= 15 is 0 Å². The number of H-pyrrole nitrogens is 1. The third-order valence-electron chi connectivity index (χ3n) is 3.93. The molecule has 1 fully saturated rings. The van der Waals surface area contributed by atoms with Crippen molar-refractivity contribution in [1.29, 1.82) is 0 Å². The number of rotatable bonds is 5. The van der Waals surface area contributed by atoms with E-state index in [0.717, 1.165) is 0 Å². The van der Waals surface area contributed by atoms with Crippen molar-refractivity contribution in [3.63, 3.8) is 0 Å². The second kappa shape index (κ2) is 6.07. The molecule has 0 aliphatic carbocycles. The summed E-state index contributed by atoms with van der Waals surface area (Å²) in [7, 11) is 1.40. The molecular weight excluding hydrogens is 315 g/mol. The molecule has 130 valence electrons. The molecule has 0 bridgehead atoms. The number of likely N-dealkylation sites (tertiary alicyclic amines) is 1. The summed E-state index contributed by atoms with van der Waals surface area (Å²) >= 11 is 0. The van der Waals surface area contributed by atoms with Crippen molar-refractivity contribution in [3.8, 4) is 5.75 Å². The first-order valence-electron chi connectivity index (χ1n) is 7.76. The molecule has 2 heterocycles. The van der Waals surface area contributed by atoms with Crippen molar-refractivity contribution in [2.45, 2.75) is 25.6 Å². The number of amides is 1. The minimum Gasteiger partial charge on any atom is -0.494 e. The van der Waals surface area contributed by atoms with E-state index in [1.165, 1.54) is 13.2 Å². The maximum atomic E-state index is 13.7. The van der Waals surface area contributed by atoms with E-state index < -0.39 is 11.4 Å². The van der Waals surface area contributed by atoms with Gasteiger partial charge in [0.1, 0.15) is 5.69 Å². The number of nitrogens with one attached hydrogen (secondary N) is 1. The minimum absolute atomic E-state index is 0.0673. The highest BCUT2D eigenvalue weighted by Crippen LogP contribution is 2.26. The molecule has 0 atom stereocenters. The molecule has 0 unspecified atom stereocenters. The maximum absolute atomic E-state index is 13.7. The summed E-state index contributed by atoms with van der Waals surface area (Å²) in [5, 5.41) is 10.3. The second-order valence-electron chi connectivity index (χ2n) is 6.71. The van der Waals surface area contributed by atoms with Crippen molar-refractivity contribution in [3.05, 3.63) is 29.7 Å². The van der Waals surface area contributed by atoms with Crippen LogP contribution in [0.15, 0.2) is 18.2 Å². The van der Waals surface area contributed by atoms with E-state index in [9.17, 15) is 14.3 Å². The van der Waals surface area contributed by atoms with Crippen molar-refractivity contribution in [1.82, 2.24) is 9.88 Å². The summed E-state index contributed by atoms with van der Waals surface area (Å²) in [4.78, 5) is 17.0. The standard InChI is InChI=1S/C17H21FN2O4/c1-17(2,22)9-24-11-7-20(8-11)16(21)14-4-10-5-15(23-3)12(18)6-13(10)19-14/h4-6,11,19,22H,7-9H2,1-3H3. The Morgan fingerprint density at radius 2 is 2.12 bits per heavy atom. The van der Waals surface area contributed by atoms with Crippen LogP contribution in [0.2, 0.25) is 0 Å². The van der Waals surface area contributed by atoms with Gasteiger partial charge < -0.3 is 24.5 Å². The first-order chi connectivity index (χ1) is 11.3. The summed E-state index contributed by atoms with van der Waals surface area (Å²) in [6, 6.07) is 4.56. The number of aromatic nitrogens is 1. The Morgan fingerprint density at radius 1 is 1.42 bits per heavy atom. The van der Waals surface area contributed by atoms with E-state index in [1.807, 2.05) is 0 Å². The first kappa shape index (κ1) is 16.7. The number of benzene rings is 1. The zero-order valence-electron chi connectivity index (χ0n) is 13.9. The molecular formula is C17H21FN2O4. The van der Waals surface area contributed by atoms with E-state index in [-0.39, 0.29) is 24.4 Å². The van der Waals surface area contributed by atoms with Crippen LogP contribution in [0.25, 0.3) is 10.9 Å². The summed E-state index contributed by atoms with van der Waals surface area (Å²) < 4.78 is 24.2. The van der Waals surface area contributed by atoms with Crippen LogP contribution < -0.4 is 4.74 Å². The van der Waals surface area contributed by atoms with Crippen LogP contribution in [-0.2, 0) is 4.74 Å². The van der Waals surface area contributed by atoms with Crippen molar-refractivity contribution < 1.29 is 23.8 Å². The van der Waals surface area contributed by atoms with Gasteiger partial charge in [0.25, 0.3) is 5.91 Å². The zero-order valence-corrected chi connectivity index (χ0v) is 13.9. The molecule has 0 saturated carbocycles. The fraction of sp³-hybridized carbons (Fsp3) is 0.471. The number of ether oxygens (including phenoxy) is 2. The van der Waals surface area contributed by atoms with Gasteiger partial charge in [-0.1, -0.05) is 0 Å². The van der Waals surface area contributed by atoms with Gasteiger partial charge >= 0.3 is 0 Å². The average molecular weight is 336 g/mol. The van der Waals surface area contributed by atoms with Gasteiger partial charge in [-0.05, 0) is 26.0 Å². The molecule has 1 aliphatic heterocycles. The topological polar surface area (TPSA) is 74.8 Å². The quantitative estimate of drug-likeness (QED) is 0.875. The van der Waals surface area contributed by atoms with Crippen LogP contribution in [0.4, 0.5) is 4.39 Å². The molecule has 24 heavy (non-hydrogen) atoms. The first-order valence-corrected chi connectivity index (χ1v) is 7.76. The second-order valence-corrected chi connectivity index (χ2v) is 6.71. The van der Waals surface area contributed by atoms with Crippen LogP contribution in [-0.4, -0.2) is 59.4 Å². The third kappa shape index (κ3) is 3.37. The number of carbonyl (C=O) groups excluding carboxylic acids is 1. The lowest BCUT2D eigenvalue weighted by Crippen LogP contribution is -2.55. The lowest BCUT2D eigenvalue weighted by Gasteiger charge is -2.39. The molecule has 0 radical (unpaired) electrons. The summed E-state index contributed by atoms with van der Waals surface area (Å²) in [6.07, 6.45) is -0.0673. The number of methoxy groups -OCH3 is 1. The van der Waals surface area contributed by atoms with E-state index in [2.05, 4.69) is 4.98 Å². The molecule has 1 saturated heterocycles. The summed E-state index contributed by atoms with van der Waals surface area (Å²) in [5.41, 5.74) is 0.0654. The van der Waals surface area contributed by atoms with Gasteiger partial charge in [-0.15, -0.1) is 0 Å². The highest BCUT2D eigenvalue weighted by Gasteiger charge is 2.33. The van der Waals surface area contributed by atoms with Gasteiger partial charge in [-0.3, -0.25) is 4.79 Å². The predicted molar refractivity (Wildman–Crippen MR) is 86.8 cm³/mol. The molecule has 0 spiro atoms. The Hall–Kier alpha value is -2.12. The number of hydrogen-bond acceptors (Lipinski definition) is 4. The Kier molecular flexibility index (Phi) is 4.23. The monoisotopic (exact) mass is 336 g/mol. The lowest BCUT2D eigenvalue weighted by atomic mass is 10.1. The summed E-state index contributed by atoms with van der Waals surface area (Å²) in [5.74, 6) is -0.493. The van der Waals surface area contributed by atoms with Crippen LogP contribution >= 0.6 is 0 Å². The van der Waals surface area contributed by atoms with Crippen LogP contribution in [0.5, 0.6) is 5.75 Å². The Morgan fingerprint density at radius 3 is 2.75 bits per heavy atom. The maximum Gasteiger partial charge on any atom is 0.270 e. The number of hydrogen-bond donors (Lipinski definition) is 2. The van der Waals surface area contributed by atoms with Crippen LogP contribution in [0.3, 0.4) is 0 Å². The Labute approximate surface area is 139 Å². The van der Waals surface area contributed by atoms with E-state index in [0.29, 0.717) is 29.7 Å². The Bertz CT molecular complexity index is 760. The number of fused-ring (bicyclic) bond motifs is 1.